The molecule has 2 N–H and O–H groups in total. The van der Waals surface area contributed by atoms with E-state index < -0.39 is 0 Å². The third-order valence-corrected chi connectivity index (χ3v) is 4.13. The van der Waals surface area contributed by atoms with Crippen molar-refractivity contribution in [3.63, 3.8) is 0 Å². The van der Waals surface area contributed by atoms with E-state index in [0.717, 1.165) is 22.0 Å². The van der Waals surface area contributed by atoms with Crippen LogP contribution in [-0.4, -0.2) is 30.6 Å². The van der Waals surface area contributed by atoms with E-state index in [1.807, 2.05) is 37.4 Å². The fourth-order valence-electron chi connectivity index (χ4n) is 2.91. The zero-order valence-electron chi connectivity index (χ0n) is 14.1. The van der Waals surface area contributed by atoms with Crippen LogP contribution >= 0.6 is 0 Å². The van der Waals surface area contributed by atoms with Gasteiger partial charge in [0, 0.05) is 24.2 Å². The number of carbonyl (C=O) groups excluding carboxylic acids is 1. The van der Waals surface area contributed by atoms with Gasteiger partial charge in [-0.1, -0.05) is 24.3 Å². The SMILES string of the molecule is Cn1nc(NC(=O)Cn2cc(-c3cccc(O)c3)cn2)c2ccccc21. The Morgan fingerprint density at radius 1 is 1.15 bits per heavy atom. The summed E-state index contributed by atoms with van der Waals surface area (Å²) < 4.78 is 3.29. The van der Waals surface area contributed by atoms with Crippen molar-refractivity contribution in [3.8, 4) is 16.9 Å². The quantitative estimate of drug-likeness (QED) is 0.594. The number of rotatable bonds is 4. The Labute approximate surface area is 149 Å². The van der Waals surface area contributed by atoms with Crippen molar-refractivity contribution in [3.05, 3.63) is 60.9 Å². The number of nitrogens with zero attached hydrogens (tertiary/aromatic N) is 4. The van der Waals surface area contributed by atoms with Gasteiger partial charge in [0.25, 0.3) is 0 Å². The monoisotopic (exact) mass is 347 g/mol. The van der Waals surface area contributed by atoms with E-state index in [4.69, 9.17) is 0 Å². The molecule has 0 saturated carbocycles. The van der Waals surface area contributed by atoms with Crippen molar-refractivity contribution in [1.29, 1.82) is 0 Å². The highest BCUT2D eigenvalue weighted by Crippen LogP contribution is 2.23. The predicted octanol–water partition coefficient (Wildman–Crippen LogP) is 2.78. The molecule has 0 atom stereocenters. The lowest BCUT2D eigenvalue weighted by Crippen LogP contribution is -2.19. The lowest BCUT2D eigenvalue weighted by molar-refractivity contribution is -0.116. The van der Waals surface area contributed by atoms with Gasteiger partial charge in [-0.2, -0.15) is 10.2 Å². The van der Waals surface area contributed by atoms with Gasteiger partial charge in [0.15, 0.2) is 5.82 Å². The number of aromatic nitrogens is 4. The summed E-state index contributed by atoms with van der Waals surface area (Å²) in [7, 11) is 1.84. The first-order valence-corrected chi connectivity index (χ1v) is 8.13. The number of phenolic OH excluding ortho intramolecular Hbond substituents is 1. The summed E-state index contributed by atoms with van der Waals surface area (Å²) in [4.78, 5) is 12.4. The van der Waals surface area contributed by atoms with Crippen LogP contribution < -0.4 is 5.32 Å². The van der Waals surface area contributed by atoms with E-state index in [1.165, 1.54) is 0 Å². The average molecular weight is 347 g/mol. The Morgan fingerprint density at radius 3 is 2.85 bits per heavy atom. The van der Waals surface area contributed by atoms with Crippen LogP contribution in [0.2, 0.25) is 0 Å². The molecular weight excluding hydrogens is 330 g/mol. The highest BCUT2D eigenvalue weighted by molar-refractivity contribution is 5.99. The third kappa shape index (κ3) is 3.02. The number of aryl methyl sites for hydroxylation is 1. The standard InChI is InChI=1S/C19H17N5O2/c1-23-17-8-3-2-7-16(17)19(22-23)21-18(26)12-24-11-14(10-20-24)13-5-4-6-15(25)9-13/h2-11,25H,12H2,1H3,(H,21,22,26). The number of nitrogens with one attached hydrogen (secondary N) is 1. The van der Waals surface area contributed by atoms with Gasteiger partial charge >= 0.3 is 0 Å². The molecule has 26 heavy (non-hydrogen) atoms. The van der Waals surface area contributed by atoms with Crippen LogP contribution in [0.4, 0.5) is 5.82 Å². The summed E-state index contributed by atoms with van der Waals surface area (Å²) in [6.07, 6.45) is 3.43. The lowest BCUT2D eigenvalue weighted by atomic mass is 10.1. The number of hydrogen-bond acceptors (Lipinski definition) is 4. The third-order valence-electron chi connectivity index (χ3n) is 4.13. The van der Waals surface area contributed by atoms with E-state index in [0.29, 0.717) is 5.82 Å². The van der Waals surface area contributed by atoms with E-state index in [-0.39, 0.29) is 18.2 Å². The van der Waals surface area contributed by atoms with Crippen LogP contribution in [0.1, 0.15) is 0 Å². The van der Waals surface area contributed by atoms with Gasteiger partial charge in [0.05, 0.1) is 11.7 Å². The van der Waals surface area contributed by atoms with Crippen LogP contribution in [0.25, 0.3) is 22.0 Å². The number of amides is 1. The van der Waals surface area contributed by atoms with Gasteiger partial charge in [0.2, 0.25) is 5.91 Å². The van der Waals surface area contributed by atoms with Crippen LogP contribution in [0.15, 0.2) is 60.9 Å². The van der Waals surface area contributed by atoms with Crippen molar-refractivity contribution in [1.82, 2.24) is 19.6 Å². The predicted molar refractivity (Wildman–Crippen MR) is 98.7 cm³/mol. The number of fused-ring (bicyclic) bond motifs is 1. The molecule has 4 aromatic rings. The normalized spacial score (nSPS) is 11.0. The molecule has 7 heteroatoms. The Hall–Kier alpha value is -3.61. The summed E-state index contributed by atoms with van der Waals surface area (Å²) in [5.41, 5.74) is 2.62. The molecule has 7 nitrogen and oxygen atoms in total. The van der Waals surface area contributed by atoms with Gasteiger partial charge in [-0.15, -0.1) is 0 Å². The number of benzene rings is 2. The molecule has 0 saturated heterocycles. The van der Waals surface area contributed by atoms with Gasteiger partial charge in [-0.3, -0.25) is 14.2 Å². The molecule has 0 aliphatic heterocycles. The molecule has 1 amide bonds. The zero-order chi connectivity index (χ0) is 18.1. The van der Waals surface area contributed by atoms with Crippen molar-refractivity contribution < 1.29 is 9.90 Å². The van der Waals surface area contributed by atoms with E-state index in [9.17, 15) is 9.90 Å². The summed E-state index contributed by atoms with van der Waals surface area (Å²) in [6.45, 7) is 0.0731. The Morgan fingerprint density at radius 2 is 2.00 bits per heavy atom. The molecule has 2 aromatic carbocycles. The highest BCUT2D eigenvalue weighted by Gasteiger charge is 2.12. The number of anilines is 1. The van der Waals surface area contributed by atoms with Crippen LogP contribution in [0.3, 0.4) is 0 Å². The van der Waals surface area contributed by atoms with Crippen molar-refractivity contribution >= 4 is 22.6 Å². The molecule has 0 bridgehead atoms. The van der Waals surface area contributed by atoms with E-state index in [1.54, 1.807) is 40.0 Å². The number of phenols is 1. The van der Waals surface area contributed by atoms with Crippen LogP contribution in [0.5, 0.6) is 5.75 Å². The molecule has 0 spiro atoms. The van der Waals surface area contributed by atoms with Crippen LogP contribution in [0, 0.1) is 0 Å². The van der Waals surface area contributed by atoms with Crippen molar-refractivity contribution in [2.24, 2.45) is 7.05 Å². The first kappa shape index (κ1) is 15.9. The number of para-hydroxylation sites is 1. The Kier molecular flexibility index (Phi) is 3.89. The highest BCUT2D eigenvalue weighted by atomic mass is 16.3. The zero-order valence-corrected chi connectivity index (χ0v) is 14.1. The Balaban J connectivity index is 1.50. The van der Waals surface area contributed by atoms with Crippen molar-refractivity contribution in [2.45, 2.75) is 6.54 Å². The number of aromatic hydroxyl groups is 1. The van der Waals surface area contributed by atoms with Crippen LogP contribution in [-0.2, 0) is 18.4 Å². The smallest absolute Gasteiger partial charge is 0.247 e. The fraction of sp³-hybridized carbons (Fsp3) is 0.105. The summed E-state index contributed by atoms with van der Waals surface area (Å²) in [6, 6.07) is 14.6. The number of hydrogen-bond donors (Lipinski definition) is 2. The first-order chi connectivity index (χ1) is 12.6. The molecule has 0 unspecified atom stereocenters. The maximum atomic E-state index is 12.4. The molecule has 2 heterocycles. The molecule has 130 valence electrons. The molecule has 0 aliphatic carbocycles. The maximum Gasteiger partial charge on any atom is 0.247 e. The molecule has 2 aromatic heterocycles. The topological polar surface area (TPSA) is 85.0 Å². The van der Waals surface area contributed by atoms with Gasteiger partial charge in [0.1, 0.15) is 12.3 Å². The minimum absolute atomic E-state index is 0.0731. The van der Waals surface area contributed by atoms with Gasteiger partial charge in [-0.25, -0.2) is 0 Å². The van der Waals surface area contributed by atoms with Gasteiger partial charge in [-0.05, 0) is 29.8 Å². The summed E-state index contributed by atoms with van der Waals surface area (Å²) in [5.74, 6) is 0.517. The first-order valence-electron chi connectivity index (χ1n) is 8.13. The summed E-state index contributed by atoms with van der Waals surface area (Å²) >= 11 is 0. The molecule has 0 aliphatic rings. The molecule has 4 rings (SSSR count). The lowest BCUT2D eigenvalue weighted by Gasteiger charge is -2.03. The second kappa shape index (κ2) is 6.36. The maximum absolute atomic E-state index is 12.4. The van der Waals surface area contributed by atoms with Crippen molar-refractivity contribution in [2.75, 3.05) is 5.32 Å². The number of carbonyl (C=O) groups is 1. The van der Waals surface area contributed by atoms with E-state index >= 15 is 0 Å². The fourth-order valence-corrected chi connectivity index (χ4v) is 2.91. The molecule has 0 radical (unpaired) electrons. The second-order valence-corrected chi connectivity index (χ2v) is 6.01. The molecular formula is C19H17N5O2. The molecule has 0 fully saturated rings. The average Bonchev–Trinajstić information content (AvgIpc) is 3.21. The van der Waals surface area contributed by atoms with E-state index in [2.05, 4.69) is 15.5 Å². The minimum atomic E-state index is -0.209. The Bertz CT molecular complexity index is 1100. The second-order valence-electron chi connectivity index (χ2n) is 6.01. The largest absolute Gasteiger partial charge is 0.508 e. The summed E-state index contributed by atoms with van der Waals surface area (Å²) in [5, 5.41) is 21.9. The van der Waals surface area contributed by atoms with Gasteiger partial charge < -0.3 is 10.4 Å². The minimum Gasteiger partial charge on any atom is -0.508 e.